The number of ether oxygens (including phenoxy) is 1. The Morgan fingerprint density at radius 1 is 1.21 bits per heavy atom. The van der Waals surface area contributed by atoms with Crippen molar-refractivity contribution in [1.29, 1.82) is 0 Å². The molecule has 2 N–H and O–H groups in total. The molecule has 0 saturated carbocycles. The summed E-state index contributed by atoms with van der Waals surface area (Å²) in [6, 6.07) is 12.0. The fourth-order valence-electron chi connectivity index (χ4n) is 2.87. The molecule has 124 valence electrons. The van der Waals surface area contributed by atoms with Gasteiger partial charge >= 0.3 is 0 Å². The van der Waals surface area contributed by atoms with Crippen molar-refractivity contribution in [2.24, 2.45) is 0 Å². The van der Waals surface area contributed by atoms with Crippen LogP contribution in [0, 0.1) is 6.92 Å². The van der Waals surface area contributed by atoms with Crippen LogP contribution in [0.2, 0.25) is 0 Å². The number of nitrogens with one attached hydrogen (secondary N) is 1. The topological polar surface area (TPSA) is 75.6 Å². The summed E-state index contributed by atoms with van der Waals surface area (Å²) in [6.45, 7) is 4.30. The van der Waals surface area contributed by atoms with E-state index in [1.165, 1.54) is 0 Å². The van der Waals surface area contributed by atoms with Gasteiger partial charge in [-0.05, 0) is 44.2 Å². The van der Waals surface area contributed by atoms with E-state index in [2.05, 4.69) is 5.32 Å². The summed E-state index contributed by atoms with van der Waals surface area (Å²) in [5, 5.41) is 13.5. The van der Waals surface area contributed by atoms with Gasteiger partial charge in [-0.25, -0.2) is 0 Å². The van der Waals surface area contributed by atoms with Gasteiger partial charge in [-0.15, -0.1) is 0 Å². The van der Waals surface area contributed by atoms with Gasteiger partial charge in [0.1, 0.15) is 5.75 Å². The van der Waals surface area contributed by atoms with Crippen molar-refractivity contribution in [3.05, 3.63) is 59.2 Å². The molecule has 24 heavy (non-hydrogen) atoms. The number of benzene rings is 2. The molecule has 1 heterocycles. The molecule has 5 nitrogen and oxygen atoms in total. The van der Waals surface area contributed by atoms with Gasteiger partial charge in [0, 0.05) is 16.8 Å². The smallest absolute Gasteiger partial charge is 0.261 e. The number of amides is 1. The highest BCUT2D eigenvalue weighted by Crippen LogP contribution is 2.39. The Labute approximate surface area is 140 Å². The van der Waals surface area contributed by atoms with E-state index >= 15 is 0 Å². The number of hydrogen-bond donors (Lipinski definition) is 2. The molecular weight excluding hydrogens is 306 g/mol. The average Bonchev–Trinajstić information content (AvgIpc) is 2.79. The maximum absolute atomic E-state index is 12.5. The highest BCUT2D eigenvalue weighted by Gasteiger charge is 2.46. The number of ketones is 1. The molecule has 2 aromatic carbocycles. The minimum atomic E-state index is -1.84. The SMILES string of the molecule is CCOc1ccc(C(=O)C[C@@]2(O)C(=O)Nc3ccc(C)cc32)cc1. The van der Waals surface area contributed by atoms with E-state index in [9.17, 15) is 14.7 Å². The van der Waals surface area contributed by atoms with Crippen LogP contribution in [-0.4, -0.2) is 23.4 Å². The van der Waals surface area contributed by atoms with Gasteiger partial charge in [0.05, 0.1) is 13.0 Å². The van der Waals surface area contributed by atoms with E-state index in [0.717, 1.165) is 5.56 Å². The van der Waals surface area contributed by atoms with Gasteiger partial charge in [0.2, 0.25) is 0 Å². The summed E-state index contributed by atoms with van der Waals surface area (Å²) in [4.78, 5) is 24.8. The predicted octanol–water partition coefficient (Wildman–Crippen LogP) is 2.81. The summed E-state index contributed by atoms with van der Waals surface area (Å²) in [5.41, 5.74) is 0.508. The lowest BCUT2D eigenvalue weighted by molar-refractivity contribution is -0.133. The first kappa shape index (κ1) is 16.2. The molecule has 1 aliphatic heterocycles. The third-order valence-corrected chi connectivity index (χ3v) is 4.15. The second-order valence-electron chi connectivity index (χ2n) is 5.92. The summed E-state index contributed by atoms with van der Waals surface area (Å²) in [6.07, 6.45) is -0.302. The Morgan fingerprint density at radius 3 is 2.58 bits per heavy atom. The standard InChI is InChI=1S/C19H19NO4/c1-3-24-14-7-5-13(6-8-14)17(21)11-19(23)15-10-12(2)4-9-16(15)20-18(19)22/h4-10,23H,3,11H2,1-2H3,(H,20,22)/t19-/m0/s1. The number of hydrogen-bond acceptors (Lipinski definition) is 4. The summed E-state index contributed by atoms with van der Waals surface area (Å²) >= 11 is 0. The fourth-order valence-corrected chi connectivity index (χ4v) is 2.87. The lowest BCUT2D eigenvalue weighted by Crippen LogP contribution is -2.36. The van der Waals surface area contributed by atoms with Crippen LogP contribution in [-0.2, 0) is 10.4 Å². The van der Waals surface area contributed by atoms with Crippen molar-refractivity contribution in [3.63, 3.8) is 0 Å². The number of Topliss-reactive ketones (excluding diaryl/α,β-unsaturated/α-hetero) is 1. The van der Waals surface area contributed by atoms with Crippen LogP contribution in [0.4, 0.5) is 5.69 Å². The Morgan fingerprint density at radius 2 is 1.92 bits per heavy atom. The van der Waals surface area contributed by atoms with Crippen LogP contribution < -0.4 is 10.1 Å². The molecule has 5 heteroatoms. The maximum atomic E-state index is 12.5. The number of anilines is 1. The molecule has 1 amide bonds. The van der Waals surface area contributed by atoms with Gasteiger partial charge in [-0.2, -0.15) is 0 Å². The van der Waals surface area contributed by atoms with Crippen LogP contribution in [0.3, 0.4) is 0 Å². The molecule has 0 unspecified atom stereocenters. The molecule has 0 saturated heterocycles. The lowest BCUT2D eigenvalue weighted by atomic mass is 9.87. The highest BCUT2D eigenvalue weighted by atomic mass is 16.5. The number of carbonyl (C=O) groups is 2. The zero-order chi connectivity index (χ0) is 17.3. The predicted molar refractivity (Wildman–Crippen MR) is 90.3 cm³/mol. The summed E-state index contributed by atoms with van der Waals surface area (Å²) < 4.78 is 5.35. The first-order valence-corrected chi connectivity index (χ1v) is 7.85. The van der Waals surface area contributed by atoms with E-state index in [-0.39, 0.29) is 12.2 Å². The molecule has 0 aromatic heterocycles. The molecule has 1 aliphatic rings. The third kappa shape index (κ3) is 2.78. The Hall–Kier alpha value is -2.66. The third-order valence-electron chi connectivity index (χ3n) is 4.15. The number of aliphatic hydroxyl groups is 1. The van der Waals surface area contributed by atoms with Crippen molar-refractivity contribution in [2.45, 2.75) is 25.9 Å². The molecule has 3 rings (SSSR count). The molecule has 2 aromatic rings. The van der Waals surface area contributed by atoms with E-state index < -0.39 is 11.5 Å². The lowest BCUT2D eigenvalue weighted by Gasteiger charge is -2.20. The van der Waals surface area contributed by atoms with Crippen molar-refractivity contribution < 1.29 is 19.4 Å². The van der Waals surface area contributed by atoms with Crippen LogP contribution in [0.25, 0.3) is 0 Å². The van der Waals surface area contributed by atoms with Crippen LogP contribution in [0.5, 0.6) is 5.75 Å². The van der Waals surface area contributed by atoms with Crippen molar-refractivity contribution in [1.82, 2.24) is 0 Å². The molecule has 0 aliphatic carbocycles. The van der Waals surface area contributed by atoms with Crippen molar-refractivity contribution in [2.75, 3.05) is 11.9 Å². The molecule has 1 atom stereocenters. The largest absolute Gasteiger partial charge is 0.494 e. The minimum Gasteiger partial charge on any atom is -0.494 e. The molecule has 0 radical (unpaired) electrons. The quantitative estimate of drug-likeness (QED) is 0.829. The normalized spacial score (nSPS) is 18.9. The maximum Gasteiger partial charge on any atom is 0.261 e. The van der Waals surface area contributed by atoms with Gasteiger partial charge in [0.15, 0.2) is 11.4 Å². The van der Waals surface area contributed by atoms with E-state index in [4.69, 9.17) is 4.74 Å². The van der Waals surface area contributed by atoms with Crippen LogP contribution in [0.15, 0.2) is 42.5 Å². The van der Waals surface area contributed by atoms with Gasteiger partial charge in [-0.1, -0.05) is 17.7 Å². The van der Waals surface area contributed by atoms with E-state index in [1.54, 1.807) is 36.4 Å². The van der Waals surface area contributed by atoms with Gasteiger partial charge in [-0.3, -0.25) is 9.59 Å². The zero-order valence-electron chi connectivity index (χ0n) is 13.6. The van der Waals surface area contributed by atoms with Crippen LogP contribution >= 0.6 is 0 Å². The highest BCUT2D eigenvalue weighted by molar-refractivity contribution is 6.09. The number of fused-ring (bicyclic) bond motifs is 1. The number of aryl methyl sites for hydroxylation is 1. The van der Waals surface area contributed by atoms with Crippen molar-refractivity contribution in [3.8, 4) is 5.75 Å². The monoisotopic (exact) mass is 325 g/mol. The van der Waals surface area contributed by atoms with Gasteiger partial charge < -0.3 is 15.2 Å². The summed E-state index contributed by atoms with van der Waals surface area (Å²) in [7, 11) is 0. The Kier molecular flexibility index (Phi) is 4.11. The Balaban J connectivity index is 1.86. The molecule has 0 fully saturated rings. The number of carbonyl (C=O) groups excluding carboxylic acids is 2. The van der Waals surface area contributed by atoms with E-state index in [1.807, 2.05) is 19.9 Å². The minimum absolute atomic E-state index is 0.301. The second kappa shape index (κ2) is 6.09. The van der Waals surface area contributed by atoms with Gasteiger partial charge in [0.25, 0.3) is 5.91 Å². The molecule has 0 spiro atoms. The van der Waals surface area contributed by atoms with E-state index in [0.29, 0.717) is 29.2 Å². The van der Waals surface area contributed by atoms with Crippen LogP contribution in [0.1, 0.15) is 34.8 Å². The first-order chi connectivity index (χ1) is 11.4. The number of rotatable bonds is 5. The Bertz CT molecular complexity index is 798. The second-order valence-corrected chi connectivity index (χ2v) is 5.92. The summed E-state index contributed by atoms with van der Waals surface area (Å²) in [5.74, 6) is -0.195. The first-order valence-electron chi connectivity index (χ1n) is 7.85. The molecular formula is C19H19NO4. The fraction of sp³-hybridized carbons (Fsp3) is 0.263. The molecule has 0 bridgehead atoms. The van der Waals surface area contributed by atoms with Crippen molar-refractivity contribution >= 4 is 17.4 Å². The average molecular weight is 325 g/mol. The zero-order valence-corrected chi connectivity index (χ0v) is 13.6.